The quantitative estimate of drug-likeness (QED) is 0.884. The van der Waals surface area contributed by atoms with Crippen molar-refractivity contribution < 1.29 is 9.90 Å². The Morgan fingerprint density at radius 3 is 2.67 bits per heavy atom. The van der Waals surface area contributed by atoms with Crippen LogP contribution in [0.1, 0.15) is 62.4 Å². The van der Waals surface area contributed by atoms with Gasteiger partial charge in [-0.05, 0) is 39.2 Å². The number of piperidine rings is 1. The number of fused-ring (bicyclic) bond motifs is 2. The molecule has 2 aromatic rings. The summed E-state index contributed by atoms with van der Waals surface area (Å²) in [5.41, 5.74) is -0.0778. The van der Waals surface area contributed by atoms with E-state index in [1.165, 1.54) is 0 Å². The van der Waals surface area contributed by atoms with Crippen LogP contribution in [0.15, 0.2) is 35.3 Å². The van der Waals surface area contributed by atoms with Crippen molar-refractivity contribution in [3.8, 4) is 0 Å². The van der Waals surface area contributed by atoms with Crippen molar-refractivity contribution in [1.82, 2.24) is 9.47 Å². The average Bonchev–Trinajstić information content (AvgIpc) is 2.67. The predicted molar refractivity (Wildman–Crippen MR) is 106 cm³/mol. The smallest absolute Gasteiger partial charge is 0.258 e. The van der Waals surface area contributed by atoms with Gasteiger partial charge in [0.25, 0.3) is 11.5 Å². The highest BCUT2D eigenvalue weighted by atomic mass is 16.3. The van der Waals surface area contributed by atoms with E-state index in [0.29, 0.717) is 35.8 Å². The summed E-state index contributed by atoms with van der Waals surface area (Å²) < 4.78 is 1.65. The maximum Gasteiger partial charge on any atom is 0.258 e. The molecule has 2 atom stereocenters. The predicted octanol–water partition coefficient (Wildman–Crippen LogP) is 3.35. The van der Waals surface area contributed by atoms with Crippen LogP contribution in [0.5, 0.6) is 0 Å². The first-order chi connectivity index (χ1) is 12.9. The molecule has 1 saturated heterocycles. The van der Waals surface area contributed by atoms with E-state index in [1.807, 2.05) is 36.9 Å². The molecule has 1 N–H and O–H groups in total. The first-order valence-electron chi connectivity index (χ1n) is 10.1. The molecule has 1 aromatic carbocycles. The van der Waals surface area contributed by atoms with Gasteiger partial charge in [-0.3, -0.25) is 9.59 Å². The van der Waals surface area contributed by atoms with Gasteiger partial charge in [-0.2, -0.15) is 0 Å². The first kappa shape index (κ1) is 18.2. The molecule has 1 saturated carbocycles. The molecular weight excluding hydrogens is 340 g/mol. The van der Waals surface area contributed by atoms with E-state index in [2.05, 4.69) is 0 Å². The van der Waals surface area contributed by atoms with Gasteiger partial charge in [0.15, 0.2) is 0 Å². The maximum absolute atomic E-state index is 13.4. The standard InChI is InChI=1S/C22H28N2O3/c1-15(2)24-14-19(17-8-3-4-9-18(17)21(24)26)20(25)23-12-11-22(27)10-6-5-7-16(22)13-23/h3-4,8-9,14-16,27H,5-7,10-13H2,1-2H3/t16-,22+/m1/s1. The number of nitrogens with zero attached hydrogens (tertiary/aromatic N) is 2. The fraction of sp³-hybridized carbons (Fsp3) is 0.545. The van der Waals surface area contributed by atoms with Crippen molar-refractivity contribution in [1.29, 1.82) is 0 Å². The molecule has 2 aliphatic rings. The minimum Gasteiger partial charge on any atom is -0.389 e. The third-order valence-corrected chi connectivity index (χ3v) is 6.45. The summed E-state index contributed by atoms with van der Waals surface area (Å²) in [6.45, 7) is 5.08. The number of benzene rings is 1. The zero-order valence-electron chi connectivity index (χ0n) is 16.1. The average molecular weight is 368 g/mol. The van der Waals surface area contributed by atoms with E-state index < -0.39 is 5.60 Å². The second kappa shape index (κ2) is 6.79. The molecule has 144 valence electrons. The lowest BCUT2D eigenvalue weighted by atomic mass is 9.71. The van der Waals surface area contributed by atoms with Gasteiger partial charge in [-0.25, -0.2) is 0 Å². The summed E-state index contributed by atoms with van der Waals surface area (Å²) in [7, 11) is 0. The highest BCUT2D eigenvalue weighted by Crippen LogP contribution is 2.40. The summed E-state index contributed by atoms with van der Waals surface area (Å²) in [4.78, 5) is 28.0. The van der Waals surface area contributed by atoms with Gasteiger partial charge in [-0.15, -0.1) is 0 Å². The Bertz CT molecular complexity index is 933. The molecule has 5 heteroatoms. The number of hydrogen-bond donors (Lipinski definition) is 1. The van der Waals surface area contributed by atoms with Crippen molar-refractivity contribution in [3.63, 3.8) is 0 Å². The van der Waals surface area contributed by atoms with Gasteiger partial charge in [0.1, 0.15) is 0 Å². The second-order valence-electron chi connectivity index (χ2n) is 8.44. The van der Waals surface area contributed by atoms with Crippen LogP contribution in [0, 0.1) is 5.92 Å². The molecule has 0 radical (unpaired) electrons. The zero-order chi connectivity index (χ0) is 19.2. The molecule has 2 fully saturated rings. The number of carbonyl (C=O) groups is 1. The van der Waals surface area contributed by atoms with Crippen LogP contribution in [0.3, 0.4) is 0 Å². The van der Waals surface area contributed by atoms with Gasteiger partial charge in [0.05, 0.1) is 11.2 Å². The van der Waals surface area contributed by atoms with Gasteiger partial charge >= 0.3 is 0 Å². The van der Waals surface area contributed by atoms with Gasteiger partial charge < -0.3 is 14.6 Å². The largest absolute Gasteiger partial charge is 0.389 e. The molecular formula is C22H28N2O3. The van der Waals surface area contributed by atoms with E-state index in [0.717, 1.165) is 25.7 Å². The van der Waals surface area contributed by atoms with Crippen LogP contribution in [-0.2, 0) is 0 Å². The number of aliphatic hydroxyl groups is 1. The zero-order valence-corrected chi connectivity index (χ0v) is 16.1. The summed E-state index contributed by atoms with van der Waals surface area (Å²) in [5, 5.41) is 12.2. The number of rotatable bonds is 2. The van der Waals surface area contributed by atoms with Gasteiger partial charge in [0, 0.05) is 42.0 Å². The molecule has 1 aliphatic heterocycles. The maximum atomic E-state index is 13.4. The molecule has 4 rings (SSSR count). The SMILES string of the molecule is CC(C)n1cc(C(=O)N2CC[C@@]3(O)CCCC[C@@H]3C2)c2ccccc2c1=O. The summed E-state index contributed by atoms with van der Waals surface area (Å²) in [6.07, 6.45) is 6.39. The van der Waals surface area contributed by atoms with Crippen LogP contribution in [0.25, 0.3) is 10.8 Å². The highest BCUT2D eigenvalue weighted by molar-refractivity contribution is 6.06. The Hall–Kier alpha value is -2.14. The van der Waals surface area contributed by atoms with E-state index in [4.69, 9.17) is 0 Å². The minimum absolute atomic E-state index is 0.0153. The third kappa shape index (κ3) is 3.08. The van der Waals surface area contributed by atoms with Crippen LogP contribution in [0.2, 0.25) is 0 Å². The van der Waals surface area contributed by atoms with Crippen LogP contribution >= 0.6 is 0 Å². The normalized spacial score (nSPS) is 25.6. The van der Waals surface area contributed by atoms with Gasteiger partial charge in [0.2, 0.25) is 0 Å². The van der Waals surface area contributed by atoms with Crippen LogP contribution in [-0.4, -0.2) is 39.2 Å². The lowest BCUT2D eigenvalue weighted by Crippen LogP contribution is -2.54. The Morgan fingerprint density at radius 1 is 1.19 bits per heavy atom. The Morgan fingerprint density at radius 2 is 1.93 bits per heavy atom. The van der Waals surface area contributed by atoms with Crippen molar-refractivity contribution in [2.45, 2.75) is 57.6 Å². The topological polar surface area (TPSA) is 62.5 Å². The third-order valence-electron chi connectivity index (χ3n) is 6.45. The van der Waals surface area contributed by atoms with Gasteiger partial charge in [-0.1, -0.05) is 31.0 Å². The molecule has 0 bridgehead atoms. The highest BCUT2D eigenvalue weighted by Gasteiger charge is 2.44. The van der Waals surface area contributed by atoms with Crippen LogP contribution < -0.4 is 5.56 Å². The molecule has 1 aliphatic carbocycles. The molecule has 5 nitrogen and oxygen atoms in total. The fourth-order valence-electron chi connectivity index (χ4n) is 4.79. The summed E-state index contributed by atoms with van der Waals surface area (Å²) in [5.74, 6) is 0.124. The fourth-order valence-corrected chi connectivity index (χ4v) is 4.79. The Balaban J connectivity index is 1.73. The Labute approximate surface area is 159 Å². The van der Waals surface area contributed by atoms with Crippen molar-refractivity contribution >= 4 is 16.7 Å². The number of pyridine rings is 1. The summed E-state index contributed by atoms with van der Waals surface area (Å²) in [6, 6.07) is 7.34. The van der Waals surface area contributed by atoms with E-state index in [9.17, 15) is 14.7 Å². The summed E-state index contributed by atoms with van der Waals surface area (Å²) >= 11 is 0. The molecule has 1 amide bonds. The number of hydrogen-bond acceptors (Lipinski definition) is 3. The van der Waals surface area contributed by atoms with Crippen LogP contribution in [0.4, 0.5) is 0 Å². The second-order valence-corrected chi connectivity index (χ2v) is 8.44. The molecule has 27 heavy (non-hydrogen) atoms. The number of aromatic nitrogens is 1. The Kier molecular flexibility index (Phi) is 4.58. The van der Waals surface area contributed by atoms with Crippen molar-refractivity contribution in [3.05, 3.63) is 46.4 Å². The monoisotopic (exact) mass is 368 g/mol. The molecule has 0 spiro atoms. The minimum atomic E-state index is -0.603. The molecule has 1 aromatic heterocycles. The number of carbonyl (C=O) groups excluding carboxylic acids is 1. The first-order valence-corrected chi connectivity index (χ1v) is 10.1. The molecule has 0 unspecified atom stereocenters. The van der Waals surface area contributed by atoms with E-state index in [-0.39, 0.29) is 23.4 Å². The number of amides is 1. The lowest BCUT2D eigenvalue weighted by molar-refractivity contribution is -0.0886. The van der Waals surface area contributed by atoms with Crippen molar-refractivity contribution in [2.24, 2.45) is 5.92 Å². The lowest BCUT2D eigenvalue weighted by Gasteiger charge is -2.47. The van der Waals surface area contributed by atoms with E-state index in [1.54, 1.807) is 16.8 Å². The molecule has 2 heterocycles. The van der Waals surface area contributed by atoms with E-state index >= 15 is 0 Å². The van der Waals surface area contributed by atoms with Crippen molar-refractivity contribution in [2.75, 3.05) is 13.1 Å². The number of likely N-dealkylation sites (tertiary alicyclic amines) is 1.